The van der Waals surface area contributed by atoms with Crippen LogP contribution in [0.2, 0.25) is 0 Å². The van der Waals surface area contributed by atoms with E-state index in [1.807, 2.05) is 0 Å². The number of carboxylic acid groups (broad SMARTS) is 1. The monoisotopic (exact) mass is 304 g/mol. The summed E-state index contributed by atoms with van der Waals surface area (Å²) in [6.07, 6.45) is 11.1. The van der Waals surface area contributed by atoms with Gasteiger partial charge in [0.2, 0.25) is 0 Å². The number of carboxylic acids is 1. The van der Waals surface area contributed by atoms with Crippen molar-refractivity contribution in [2.24, 2.45) is 0 Å². The zero-order valence-electron chi connectivity index (χ0n) is 13.6. The third-order valence-corrected chi connectivity index (χ3v) is 4.12. The Morgan fingerprint density at radius 1 is 1.00 bits per heavy atom. The summed E-state index contributed by atoms with van der Waals surface area (Å²) in [5, 5.41) is 9.38. The summed E-state index contributed by atoms with van der Waals surface area (Å²) in [5.74, 6) is -1.23. The highest BCUT2D eigenvalue weighted by Crippen LogP contribution is 2.23. The molecule has 0 amide bonds. The van der Waals surface area contributed by atoms with E-state index in [-0.39, 0.29) is 0 Å². The molecular formula is C19H28O3. The van der Waals surface area contributed by atoms with Crippen LogP contribution in [0, 0.1) is 0 Å². The Hall–Kier alpha value is -1.64. The van der Waals surface area contributed by atoms with Crippen molar-refractivity contribution in [3.63, 3.8) is 0 Å². The molecule has 1 atom stereocenters. The van der Waals surface area contributed by atoms with Gasteiger partial charge in [-0.25, -0.2) is 0 Å². The van der Waals surface area contributed by atoms with Crippen LogP contribution in [0.5, 0.6) is 0 Å². The van der Waals surface area contributed by atoms with Crippen LogP contribution >= 0.6 is 0 Å². The van der Waals surface area contributed by atoms with Crippen molar-refractivity contribution in [2.45, 2.75) is 70.6 Å². The van der Waals surface area contributed by atoms with E-state index in [2.05, 4.69) is 6.92 Å². The fourth-order valence-corrected chi connectivity index (χ4v) is 2.72. The molecule has 3 heteroatoms. The number of carbonyl (C=O) groups excluding carboxylic acids is 1. The molecule has 0 radical (unpaired) electrons. The lowest BCUT2D eigenvalue weighted by atomic mass is 9.92. The molecule has 0 aliphatic carbocycles. The standard InChI is InChI=1S/C19H28O3/c1-2-3-4-5-6-7-8-9-10-18(19(21)22)17-13-11-16(15-20)12-14-17/h11-15,18H,2-10H2,1H3,(H,21,22). The van der Waals surface area contributed by atoms with Gasteiger partial charge in [0.15, 0.2) is 0 Å². The van der Waals surface area contributed by atoms with Crippen LogP contribution in [0.4, 0.5) is 0 Å². The minimum Gasteiger partial charge on any atom is -0.481 e. The summed E-state index contributed by atoms with van der Waals surface area (Å²) in [6.45, 7) is 2.22. The maximum atomic E-state index is 11.4. The van der Waals surface area contributed by atoms with Gasteiger partial charge >= 0.3 is 5.97 Å². The van der Waals surface area contributed by atoms with Crippen molar-refractivity contribution in [2.75, 3.05) is 0 Å². The highest BCUT2D eigenvalue weighted by atomic mass is 16.4. The molecule has 0 saturated heterocycles. The minimum absolute atomic E-state index is 0.458. The van der Waals surface area contributed by atoms with Gasteiger partial charge in [-0.15, -0.1) is 0 Å². The van der Waals surface area contributed by atoms with Gasteiger partial charge in [0, 0.05) is 5.56 Å². The first-order valence-corrected chi connectivity index (χ1v) is 8.47. The average molecular weight is 304 g/mol. The zero-order valence-corrected chi connectivity index (χ0v) is 13.6. The van der Waals surface area contributed by atoms with Crippen LogP contribution in [0.3, 0.4) is 0 Å². The van der Waals surface area contributed by atoms with E-state index >= 15 is 0 Å². The molecule has 0 heterocycles. The molecule has 0 fully saturated rings. The molecular weight excluding hydrogens is 276 g/mol. The van der Waals surface area contributed by atoms with Crippen molar-refractivity contribution >= 4 is 12.3 Å². The molecule has 0 spiro atoms. The zero-order chi connectivity index (χ0) is 16.2. The number of rotatable bonds is 12. The summed E-state index contributed by atoms with van der Waals surface area (Å²) < 4.78 is 0. The van der Waals surface area contributed by atoms with Crippen molar-refractivity contribution in [1.82, 2.24) is 0 Å². The second-order valence-electron chi connectivity index (χ2n) is 5.94. The Kier molecular flexibility index (Phi) is 9.20. The molecule has 1 rings (SSSR count). The molecule has 0 saturated carbocycles. The van der Waals surface area contributed by atoms with Gasteiger partial charge < -0.3 is 5.11 Å². The lowest BCUT2D eigenvalue weighted by Crippen LogP contribution is -2.11. The number of benzene rings is 1. The first-order chi connectivity index (χ1) is 10.7. The maximum Gasteiger partial charge on any atom is 0.310 e. The minimum atomic E-state index is -0.776. The largest absolute Gasteiger partial charge is 0.481 e. The first kappa shape index (κ1) is 18.4. The molecule has 1 unspecified atom stereocenters. The SMILES string of the molecule is CCCCCCCCCCC(C(=O)O)c1ccc(C=O)cc1. The number of aliphatic carboxylic acids is 1. The molecule has 1 aromatic rings. The molecule has 0 aromatic heterocycles. The third-order valence-electron chi connectivity index (χ3n) is 4.12. The fraction of sp³-hybridized carbons (Fsp3) is 0.579. The lowest BCUT2D eigenvalue weighted by Gasteiger charge is -2.12. The van der Waals surface area contributed by atoms with E-state index in [0.29, 0.717) is 12.0 Å². The Morgan fingerprint density at radius 3 is 2.05 bits per heavy atom. The second kappa shape index (κ2) is 11.0. The van der Waals surface area contributed by atoms with Crippen LogP contribution in [0.1, 0.15) is 86.6 Å². The molecule has 3 nitrogen and oxygen atoms in total. The highest BCUT2D eigenvalue weighted by molar-refractivity contribution is 5.78. The van der Waals surface area contributed by atoms with Crippen LogP contribution in [0.15, 0.2) is 24.3 Å². The lowest BCUT2D eigenvalue weighted by molar-refractivity contribution is -0.139. The van der Waals surface area contributed by atoms with Gasteiger partial charge in [-0.05, 0) is 12.0 Å². The van der Waals surface area contributed by atoms with Crippen molar-refractivity contribution < 1.29 is 14.7 Å². The van der Waals surface area contributed by atoms with E-state index in [9.17, 15) is 14.7 Å². The van der Waals surface area contributed by atoms with Crippen molar-refractivity contribution in [3.05, 3.63) is 35.4 Å². The Labute approximate surface area is 133 Å². The summed E-state index contributed by atoms with van der Waals surface area (Å²) in [6, 6.07) is 6.89. The molecule has 1 aromatic carbocycles. The molecule has 122 valence electrons. The topological polar surface area (TPSA) is 54.4 Å². The second-order valence-corrected chi connectivity index (χ2v) is 5.94. The van der Waals surface area contributed by atoms with E-state index in [1.54, 1.807) is 24.3 Å². The summed E-state index contributed by atoms with van der Waals surface area (Å²) >= 11 is 0. The van der Waals surface area contributed by atoms with Gasteiger partial charge in [-0.2, -0.15) is 0 Å². The van der Waals surface area contributed by atoms with Crippen LogP contribution in [0.25, 0.3) is 0 Å². The predicted molar refractivity (Wildman–Crippen MR) is 89.4 cm³/mol. The van der Waals surface area contributed by atoms with E-state index < -0.39 is 11.9 Å². The first-order valence-electron chi connectivity index (χ1n) is 8.47. The van der Waals surface area contributed by atoms with Crippen molar-refractivity contribution in [3.8, 4) is 0 Å². The number of hydrogen-bond acceptors (Lipinski definition) is 2. The number of carbonyl (C=O) groups is 2. The maximum absolute atomic E-state index is 11.4. The quantitative estimate of drug-likeness (QED) is 0.426. The van der Waals surface area contributed by atoms with Crippen molar-refractivity contribution in [1.29, 1.82) is 0 Å². The Bertz CT molecular complexity index is 436. The highest BCUT2D eigenvalue weighted by Gasteiger charge is 2.19. The summed E-state index contributed by atoms with van der Waals surface area (Å²) in [5.41, 5.74) is 1.38. The van der Waals surface area contributed by atoms with E-state index in [1.165, 1.54) is 38.5 Å². The fourth-order valence-electron chi connectivity index (χ4n) is 2.72. The Morgan fingerprint density at radius 2 is 1.55 bits per heavy atom. The third kappa shape index (κ3) is 6.88. The van der Waals surface area contributed by atoms with Gasteiger partial charge in [0.25, 0.3) is 0 Å². The normalized spacial score (nSPS) is 12.0. The molecule has 22 heavy (non-hydrogen) atoms. The van der Waals surface area contributed by atoms with Crippen LogP contribution in [-0.4, -0.2) is 17.4 Å². The average Bonchev–Trinajstić information content (AvgIpc) is 2.53. The van der Waals surface area contributed by atoms with Crippen LogP contribution in [-0.2, 0) is 4.79 Å². The molecule has 0 aliphatic rings. The van der Waals surface area contributed by atoms with E-state index in [0.717, 1.165) is 24.7 Å². The Balaban J connectivity index is 2.32. The van der Waals surface area contributed by atoms with Gasteiger partial charge in [-0.3, -0.25) is 9.59 Å². The van der Waals surface area contributed by atoms with Gasteiger partial charge in [-0.1, -0.05) is 82.6 Å². The van der Waals surface area contributed by atoms with Crippen LogP contribution < -0.4 is 0 Å². The number of hydrogen-bond donors (Lipinski definition) is 1. The molecule has 0 bridgehead atoms. The molecule has 1 N–H and O–H groups in total. The predicted octanol–water partition coefficient (Wildman–Crippen LogP) is 5.20. The van der Waals surface area contributed by atoms with Gasteiger partial charge in [0.05, 0.1) is 5.92 Å². The van der Waals surface area contributed by atoms with Gasteiger partial charge in [0.1, 0.15) is 6.29 Å². The smallest absolute Gasteiger partial charge is 0.310 e. The van der Waals surface area contributed by atoms with E-state index in [4.69, 9.17) is 0 Å². The number of unbranched alkanes of at least 4 members (excludes halogenated alkanes) is 7. The summed E-state index contributed by atoms with van der Waals surface area (Å²) in [7, 11) is 0. The molecule has 0 aliphatic heterocycles. The summed E-state index contributed by atoms with van der Waals surface area (Å²) in [4.78, 5) is 22.1. The number of aldehydes is 1.